The fourth-order valence-corrected chi connectivity index (χ4v) is 1.92. The van der Waals surface area contributed by atoms with Gasteiger partial charge in [0.05, 0.1) is 13.0 Å². The fourth-order valence-electron chi connectivity index (χ4n) is 1.92. The number of carbonyl (C=O) groups is 3. The van der Waals surface area contributed by atoms with Gasteiger partial charge in [-0.1, -0.05) is 0 Å². The van der Waals surface area contributed by atoms with Crippen molar-refractivity contribution in [2.24, 2.45) is 5.92 Å². The summed E-state index contributed by atoms with van der Waals surface area (Å²) in [6, 6.07) is -0.623. The highest BCUT2D eigenvalue weighted by Gasteiger charge is 2.43. The summed E-state index contributed by atoms with van der Waals surface area (Å²) in [6.45, 7) is 0.339. The number of likely N-dealkylation sites (tertiary alicyclic amines) is 1. The van der Waals surface area contributed by atoms with Gasteiger partial charge in [-0.3, -0.25) is 19.2 Å². The second-order valence-electron chi connectivity index (χ2n) is 3.76. The van der Waals surface area contributed by atoms with Gasteiger partial charge in [0, 0.05) is 13.0 Å². The van der Waals surface area contributed by atoms with Gasteiger partial charge in [-0.2, -0.15) is 0 Å². The normalized spacial score (nSPS) is 29.4. The molecule has 7 heteroatoms. The summed E-state index contributed by atoms with van der Waals surface area (Å²) in [6.07, 6.45) is 0.0937. The van der Waals surface area contributed by atoms with Gasteiger partial charge >= 0.3 is 5.97 Å². The van der Waals surface area contributed by atoms with Crippen LogP contribution in [0.5, 0.6) is 0 Å². The maximum atomic E-state index is 11.6. The molecule has 1 N–H and O–H groups in total. The van der Waals surface area contributed by atoms with Gasteiger partial charge in [0.1, 0.15) is 12.6 Å². The van der Waals surface area contributed by atoms with Crippen molar-refractivity contribution in [3.05, 3.63) is 0 Å². The quantitative estimate of drug-likeness (QED) is 0.578. The summed E-state index contributed by atoms with van der Waals surface area (Å²) in [5.74, 6) is -1.47. The van der Waals surface area contributed by atoms with Crippen LogP contribution >= 0.6 is 0 Å². The van der Waals surface area contributed by atoms with Crippen LogP contribution in [-0.2, 0) is 24.0 Å². The minimum absolute atomic E-state index is 0.0937. The van der Waals surface area contributed by atoms with Gasteiger partial charge in [0.15, 0.2) is 0 Å². The third-order valence-electron chi connectivity index (χ3n) is 2.79. The van der Waals surface area contributed by atoms with E-state index in [2.05, 4.69) is 10.2 Å². The average molecular weight is 228 g/mol. The molecule has 2 aliphatic heterocycles. The number of methoxy groups -OCH3 is 1. The monoisotopic (exact) mass is 228 g/mol. The molecule has 0 aromatic heterocycles. The van der Waals surface area contributed by atoms with Crippen LogP contribution in [0.25, 0.3) is 0 Å². The van der Waals surface area contributed by atoms with Crippen LogP contribution in [0.2, 0.25) is 0 Å². The van der Waals surface area contributed by atoms with Crippen LogP contribution in [0.15, 0.2) is 0 Å². The lowest BCUT2D eigenvalue weighted by molar-refractivity contribution is -0.145. The highest BCUT2D eigenvalue weighted by atomic mass is 16.7. The Bertz CT molecular complexity index is 343. The lowest BCUT2D eigenvalue weighted by Crippen LogP contribution is -2.43. The second kappa shape index (κ2) is 4.09. The summed E-state index contributed by atoms with van der Waals surface area (Å²) in [4.78, 5) is 40.3. The predicted octanol–water partition coefficient (Wildman–Crippen LogP) is -1.56. The molecule has 0 aromatic rings. The molecular formula is C9H12N2O5. The molecule has 16 heavy (non-hydrogen) atoms. The summed E-state index contributed by atoms with van der Waals surface area (Å²) in [7, 11) is 1.28. The zero-order valence-electron chi connectivity index (χ0n) is 8.76. The van der Waals surface area contributed by atoms with Crippen molar-refractivity contribution in [3.63, 3.8) is 0 Å². The van der Waals surface area contributed by atoms with Crippen LogP contribution < -0.4 is 5.48 Å². The zero-order chi connectivity index (χ0) is 11.7. The molecule has 2 atom stereocenters. The SMILES string of the molecule is COC(=O)C1CC(=O)N([C@H]2CONC2=O)C1. The van der Waals surface area contributed by atoms with Crippen LogP contribution in [0, 0.1) is 5.92 Å². The molecule has 0 saturated carbocycles. The summed E-state index contributed by atoms with van der Waals surface area (Å²) in [5.41, 5.74) is 2.18. The van der Waals surface area contributed by atoms with Crippen molar-refractivity contribution in [3.8, 4) is 0 Å². The number of nitrogens with zero attached hydrogens (tertiary/aromatic N) is 1. The lowest BCUT2D eigenvalue weighted by atomic mass is 10.1. The van der Waals surface area contributed by atoms with Gasteiger partial charge in [-0.25, -0.2) is 5.48 Å². The van der Waals surface area contributed by atoms with E-state index in [1.54, 1.807) is 0 Å². The van der Waals surface area contributed by atoms with E-state index in [9.17, 15) is 14.4 Å². The molecule has 2 saturated heterocycles. The van der Waals surface area contributed by atoms with Crippen molar-refractivity contribution in [1.29, 1.82) is 0 Å². The highest BCUT2D eigenvalue weighted by Crippen LogP contribution is 2.22. The number of hydroxylamine groups is 1. The minimum Gasteiger partial charge on any atom is -0.469 e. The molecular weight excluding hydrogens is 216 g/mol. The number of hydrogen-bond donors (Lipinski definition) is 1. The molecule has 0 aliphatic carbocycles. The van der Waals surface area contributed by atoms with E-state index in [0.717, 1.165) is 0 Å². The summed E-state index contributed by atoms with van der Waals surface area (Å²) >= 11 is 0. The number of nitrogens with one attached hydrogen (secondary N) is 1. The van der Waals surface area contributed by atoms with E-state index in [0.29, 0.717) is 0 Å². The number of ether oxygens (including phenoxy) is 1. The van der Waals surface area contributed by atoms with Gasteiger partial charge < -0.3 is 9.64 Å². The standard InChI is InChI=1S/C9H12N2O5/c1-15-9(14)5-2-7(12)11(3-5)6-4-16-10-8(6)13/h5-6H,2-4H2,1H3,(H,10,13)/t5?,6-/m0/s1. The third kappa shape index (κ3) is 1.73. The van der Waals surface area contributed by atoms with Crippen molar-refractivity contribution in [1.82, 2.24) is 10.4 Å². The molecule has 2 rings (SSSR count). The van der Waals surface area contributed by atoms with Crippen molar-refractivity contribution < 1.29 is 24.0 Å². The third-order valence-corrected chi connectivity index (χ3v) is 2.79. The van der Waals surface area contributed by atoms with Crippen molar-refractivity contribution in [2.45, 2.75) is 12.5 Å². The molecule has 0 spiro atoms. The van der Waals surface area contributed by atoms with Crippen LogP contribution in [-0.4, -0.2) is 49.0 Å². The van der Waals surface area contributed by atoms with Crippen molar-refractivity contribution >= 4 is 17.8 Å². The summed E-state index contributed by atoms with van der Waals surface area (Å²) in [5, 5.41) is 0. The number of hydrogen-bond acceptors (Lipinski definition) is 5. The maximum Gasteiger partial charge on any atom is 0.310 e. The Kier molecular flexibility index (Phi) is 2.78. The molecule has 2 amide bonds. The first kappa shape index (κ1) is 10.9. The highest BCUT2D eigenvalue weighted by molar-refractivity contribution is 5.92. The van der Waals surface area contributed by atoms with E-state index in [-0.39, 0.29) is 31.4 Å². The second-order valence-corrected chi connectivity index (χ2v) is 3.76. The number of amides is 2. The Labute approximate surface area is 91.6 Å². The van der Waals surface area contributed by atoms with Crippen LogP contribution in [0.3, 0.4) is 0 Å². The predicted molar refractivity (Wildman–Crippen MR) is 49.7 cm³/mol. The molecule has 0 aromatic carbocycles. The van der Waals surface area contributed by atoms with Gasteiger partial charge in [0.2, 0.25) is 5.91 Å². The molecule has 0 bridgehead atoms. The smallest absolute Gasteiger partial charge is 0.310 e. The first-order chi connectivity index (χ1) is 7.63. The Morgan fingerprint density at radius 3 is 2.88 bits per heavy atom. The Morgan fingerprint density at radius 2 is 2.31 bits per heavy atom. The van der Waals surface area contributed by atoms with E-state index in [1.807, 2.05) is 0 Å². The summed E-state index contributed by atoms with van der Waals surface area (Å²) < 4.78 is 4.57. The molecule has 2 fully saturated rings. The van der Waals surface area contributed by atoms with E-state index in [1.165, 1.54) is 12.0 Å². The van der Waals surface area contributed by atoms with Crippen molar-refractivity contribution in [2.75, 3.05) is 20.3 Å². The number of rotatable bonds is 2. The molecule has 1 unspecified atom stereocenters. The first-order valence-corrected chi connectivity index (χ1v) is 4.92. The Morgan fingerprint density at radius 1 is 1.56 bits per heavy atom. The van der Waals surface area contributed by atoms with Gasteiger partial charge in [-0.05, 0) is 0 Å². The molecule has 0 radical (unpaired) electrons. The zero-order valence-corrected chi connectivity index (χ0v) is 8.76. The van der Waals surface area contributed by atoms with Crippen LogP contribution in [0.4, 0.5) is 0 Å². The van der Waals surface area contributed by atoms with E-state index in [4.69, 9.17) is 4.84 Å². The molecule has 2 heterocycles. The molecule has 2 aliphatic rings. The fraction of sp³-hybridized carbons (Fsp3) is 0.667. The maximum absolute atomic E-state index is 11.6. The Hall–Kier alpha value is -1.63. The van der Waals surface area contributed by atoms with Gasteiger partial charge in [0.25, 0.3) is 5.91 Å². The molecule has 88 valence electrons. The minimum atomic E-state index is -0.623. The molecule has 7 nitrogen and oxygen atoms in total. The van der Waals surface area contributed by atoms with E-state index < -0.39 is 17.9 Å². The average Bonchev–Trinajstić information content (AvgIpc) is 2.83. The number of carbonyl (C=O) groups excluding carboxylic acids is 3. The topological polar surface area (TPSA) is 84.9 Å². The van der Waals surface area contributed by atoms with E-state index >= 15 is 0 Å². The first-order valence-electron chi connectivity index (χ1n) is 4.92. The number of esters is 1. The van der Waals surface area contributed by atoms with Crippen LogP contribution in [0.1, 0.15) is 6.42 Å². The largest absolute Gasteiger partial charge is 0.469 e. The van der Waals surface area contributed by atoms with Gasteiger partial charge in [-0.15, -0.1) is 0 Å². The Balaban J connectivity index is 2.05. The lowest BCUT2D eigenvalue weighted by Gasteiger charge is -2.19.